The zero-order valence-electron chi connectivity index (χ0n) is 10.2. The summed E-state index contributed by atoms with van der Waals surface area (Å²) in [6.45, 7) is 0. The first-order valence-electron chi connectivity index (χ1n) is 5.48. The zero-order chi connectivity index (χ0) is 14.3. The molecule has 0 atom stereocenters. The van der Waals surface area contributed by atoms with E-state index >= 15 is 0 Å². The lowest BCUT2D eigenvalue weighted by Crippen LogP contribution is -2.04. The Kier molecular flexibility index (Phi) is 3.82. The summed E-state index contributed by atoms with van der Waals surface area (Å²) in [6, 6.07) is 5.97. The van der Waals surface area contributed by atoms with E-state index in [1.54, 1.807) is 0 Å². The summed E-state index contributed by atoms with van der Waals surface area (Å²) in [4.78, 5) is 12.9. The number of nitrogens with two attached hydrogens (primary N) is 1. The predicted molar refractivity (Wildman–Crippen MR) is 90.6 cm³/mol. The molecule has 0 aliphatic carbocycles. The Morgan fingerprint density at radius 2 is 2.10 bits per heavy atom. The van der Waals surface area contributed by atoms with Crippen LogP contribution >= 0.6 is 50.3 Å². The number of anilines is 1. The minimum atomic E-state index is 0.278. The Morgan fingerprint density at radius 1 is 1.30 bits per heavy atom. The van der Waals surface area contributed by atoms with Crippen LogP contribution in [0, 0.1) is 3.57 Å². The van der Waals surface area contributed by atoms with Gasteiger partial charge in [-0.15, -0.1) is 5.10 Å². The van der Waals surface area contributed by atoms with Crippen molar-refractivity contribution in [3.63, 3.8) is 0 Å². The fourth-order valence-electron chi connectivity index (χ4n) is 1.66. The molecule has 3 aromatic rings. The molecule has 0 bridgehead atoms. The van der Waals surface area contributed by atoms with Gasteiger partial charge in [0.05, 0.1) is 0 Å². The summed E-state index contributed by atoms with van der Waals surface area (Å²) in [6.07, 6.45) is 1.89. The molecule has 0 amide bonds. The van der Waals surface area contributed by atoms with Crippen molar-refractivity contribution in [3.05, 3.63) is 26.2 Å². The molecule has 2 aromatic heterocycles. The topological polar surface area (TPSA) is 82.0 Å². The molecule has 0 fully saturated rings. The van der Waals surface area contributed by atoms with Crippen molar-refractivity contribution in [1.29, 1.82) is 0 Å². The third-order valence-electron chi connectivity index (χ3n) is 2.56. The van der Waals surface area contributed by atoms with Gasteiger partial charge in [0, 0.05) is 13.6 Å². The summed E-state index contributed by atoms with van der Waals surface area (Å²) in [5.74, 6) is 1.29. The highest BCUT2D eigenvalue weighted by Crippen LogP contribution is 2.28. The van der Waals surface area contributed by atoms with Crippen molar-refractivity contribution in [3.8, 4) is 11.4 Å². The fraction of sp³-hybridized carbons (Fsp3) is 0.0909. The number of fused-ring (bicyclic) bond motifs is 1. The van der Waals surface area contributed by atoms with E-state index in [1.165, 1.54) is 16.3 Å². The Bertz CT molecular complexity index is 805. The SMILES string of the molecule is CSc1nc(N)n2nc(-c3cc(I)ccc3Br)nc2n1. The number of thioether (sulfide) groups is 1. The molecule has 0 saturated heterocycles. The first kappa shape index (κ1) is 14.0. The van der Waals surface area contributed by atoms with Crippen molar-refractivity contribution in [2.45, 2.75) is 5.16 Å². The van der Waals surface area contributed by atoms with Gasteiger partial charge in [-0.05, 0) is 47.0 Å². The van der Waals surface area contributed by atoms with Crippen LogP contribution in [0.15, 0.2) is 27.8 Å². The lowest BCUT2D eigenvalue weighted by atomic mass is 10.2. The summed E-state index contributed by atoms with van der Waals surface area (Å²) in [5.41, 5.74) is 6.77. The van der Waals surface area contributed by atoms with Gasteiger partial charge in [0.15, 0.2) is 11.0 Å². The smallest absolute Gasteiger partial charge is 0.258 e. The highest BCUT2D eigenvalue weighted by Gasteiger charge is 2.14. The second kappa shape index (κ2) is 5.45. The second-order valence-corrected chi connectivity index (χ2v) is 6.71. The van der Waals surface area contributed by atoms with E-state index in [1.807, 2.05) is 24.5 Å². The molecule has 0 spiro atoms. The van der Waals surface area contributed by atoms with Gasteiger partial charge in [-0.1, -0.05) is 27.7 Å². The van der Waals surface area contributed by atoms with Crippen molar-refractivity contribution in [1.82, 2.24) is 24.6 Å². The van der Waals surface area contributed by atoms with Crippen LogP contribution in [-0.4, -0.2) is 30.8 Å². The number of hydrogen-bond acceptors (Lipinski definition) is 6. The van der Waals surface area contributed by atoms with Gasteiger partial charge in [-0.25, -0.2) is 0 Å². The minimum Gasteiger partial charge on any atom is -0.368 e. The van der Waals surface area contributed by atoms with E-state index in [-0.39, 0.29) is 5.95 Å². The van der Waals surface area contributed by atoms with Crippen LogP contribution in [0.1, 0.15) is 0 Å². The summed E-state index contributed by atoms with van der Waals surface area (Å²) in [5, 5.41) is 4.95. The lowest BCUT2D eigenvalue weighted by Gasteiger charge is -1.99. The van der Waals surface area contributed by atoms with Crippen molar-refractivity contribution in [2.24, 2.45) is 0 Å². The van der Waals surface area contributed by atoms with E-state index in [0.717, 1.165) is 13.6 Å². The van der Waals surface area contributed by atoms with E-state index in [0.29, 0.717) is 16.8 Å². The summed E-state index contributed by atoms with van der Waals surface area (Å²) in [7, 11) is 0. The van der Waals surface area contributed by atoms with Crippen LogP contribution in [0.3, 0.4) is 0 Å². The molecule has 102 valence electrons. The molecule has 0 aliphatic rings. The minimum absolute atomic E-state index is 0.278. The maximum absolute atomic E-state index is 5.87. The molecule has 0 saturated carbocycles. The van der Waals surface area contributed by atoms with Crippen molar-refractivity contribution < 1.29 is 0 Å². The van der Waals surface area contributed by atoms with E-state index in [4.69, 9.17) is 5.73 Å². The molecule has 6 nitrogen and oxygen atoms in total. The van der Waals surface area contributed by atoms with Gasteiger partial charge in [0.25, 0.3) is 5.78 Å². The normalized spacial score (nSPS) is 11.2. The highest BCUT2D eigenvalue weighted by atomic mass is 127. The van der Waals surface area contributed by atoms with Crippen LogP contribution in [0.4, 0.5) is 5.95 Å². The zero-order valence-corrected chi connectivity index (χ0v) is 14.8. The first-order valence-corrected chi connectivity index (χ1v) is 8.58. The van der Waals surface area contributed by atoms with E-state index < -0.39 is 0 Å². The largest absolute Gasteiger partial charge is 0.368 e. The number of nitrogens with zero attached hydrogens (tertiary/aromatic N) is 5. The van der Waals surface area contributed by atoms with E-state index in [9.17, 15) is 0 Å². The standard InChI is InChI=1S/C11H8BrIN6S/c1-20-11-16-9(14)19-10(17-11)15-8(18-19)6-4-5(13)2-3-7(6)12/h2-4H,1H3,(H2,14,15,16,17,18). The maximum atomic E-state index is 5.87. The van der Waals surface area contributed by atoms with Gasteiger partial charge in [0.2, 0.25) is 5.95 Å². The molecular weight excluding hydrogens is 455 g/mol. The number of aromatic nitrogens is 5. The van der Waals surface area contributed by atoms with Gasteiger partial charge >= 0.3 is 0 Å². The van der Waals surface area contributed by atoms with Crippen LogP contribution in [0.5, 0.6) is 0 Å². The molecule has 1 aromatic carbocycles. The monoisotopic (exact) mass is 462 g/mol. The quantitative estimate of drug-likeness (QED) is 0.465. The maximum Gasteiger partial charge on any atom is 0.258 e. The third-order valence-corrected chi connectivity index (χ3v) is 4.48. The van der Waals surface area contributed by atoms with E-state index in [2.05, 4.69) is 58.6 Å². The van der Waals surface area contributed by atoms with Gasteiger partial charge in [-0.3, -0.25) is 0 Å². The molecule has 3 rings (SSSR count). The average Bonchev–Trinajstić information content (AvgIpc) is 2.85. The molecule has 9 heteroatoms. The van der Waals surface area contributed by atoms with Crippen molar-refractivity contribution >= 4 is 62.0 Å². The molecule has 20 heavy (non-hydrogen) atoms. The third kappa shape index (κ3) is 2.49. The molecule has 2 N–H and O–H groups in total. The predicted octanol–water partition coefficient (Wildman–Crippen LogP) is 2.86. The van der Waals surface area contributed by atoms with Crippen LogP contribution in [-0.2, 0) is 0 Å². The molecule has 0 unspecified atom stereocenters. The number of benzene rings is 1. The number of rotatable bonds is 2. The summed E-state index contributed by atoms with van der Waals surface area (Å²) < 4.78 is 3.47. The number of nitrogen functional groups attached to an aromatic ring is 1. The Balaban J connectivity index is 2.22. The van der Waals surface area contributed by atoms with Crippen LogP contribution in [0.2, 0.25) is 0 Å². The molecular formula is C11H8BrIN6S. The highest BCUT2D eigenvalue weighted by molar-refractivity contribution is 14.1. The first-order chi connectivity index (χ1) is 9.58. The van der Waals surface area contributed by atoms with Gasteiger partial charge < -0.3 is 5.73 Å². The van der Waals surface area contributed by atoms with Crippen molar-refractivity contribution in [2.75, 3.05) is 12.0 Å². The van der Waals surface area contributed by atoms with Gasteiger partial charge in [-0.2, -0.15) is 19.5 Å². The second-order valence-electron chi connectivity index (χ2n) is 3.84. The Labute approximate surface area is 140 Å². The average molecular weight is 463 g/mol. The van der Waals surface area contributed by atoms with Crippen LogP contribution in [0.25, 0.3) is 17.2 Å². The molecule has 0 aliphatic heterocycles. The fourth-order valence-corrected chi connectivity index (χ4v) is 2.93. The number of hydrogen-bond donors (Lipinski definition) is 1. The van der Waals surface area contributed by atoms with Gasteiger partial charge in [0.1, 0.15) is 0 Å². The number of halogens is 2. The van der Waals surface area contributed by atoms with Crippen LogP contribution < -0.4 is 5.73 Å². The molecule has 2 heterocycles. The molecule has 0 radical (unpaired) electrons. The Morgan fingerprint density at radius 3 is 2.85 bits per heavy atom. The Hall–Kier alpha value is -0.940. The summed E-state index contributed by atoms with van der Waals surface area (Å²) >= 11 is 7.17. The lowest BCUT2D eigenvalue weighted by molar-refractivity contribution is 0.851.